The van der Waals surface area contributed by atoms with Gasteiger partial charge in [0.2, 0.25) is 5.91 Å². The minimum Gasteiger partial charge on any atom is -0.332 e. The van der Waals surface area contributed by atoms with Gasteiger partial charge >= 0.3 is 0 Å². The summed E-state index contributed by atoms with van der Waals surface area (Å²) in [6.45, 7) is 1.84. The van der Waals surface area contributed by atoms with Gasteiger partial charge in [-0.2, -0.15) is 5.26 Å². The standard InChI is InChI=1S/C14H19N5O/c15-10-14(5-3-1-2-4-6-14)13(20)18-7-8-19-11-16-17-12(19)9-18/h11H,1-9H2. The van der Waals surface area contributed by atoms with Gasteiger partial charge in [-0.1, -0.05) is 25.7 Å². The minimum atomic E-state index is -0.807. The van der Waals surface area contributed by atoms with E-state index >= 15 is 0 Å². The number of amides is 1. The van der Waals surface area contributed by atoms with Crippen molar-refractivity contribution in [3.63, 3.8) is 0 Å². The molecule has 1 fully saturated rings. The second kappa shape index (κ2) is 5.23. The van der Waals surface area contributed by atoms with Crippen LogP contribution < -0.4 is 0 Å². The molecule has 2 aliphatic rings. The molecule has 1 aromatic rings. The van der Waals surface area contributed by atoms with Crippen molar-refractivity contribution in [2.45, 2.75) is 51.6 Å². The maximum Gasteiger partial charge on any atom is 0.243 e. The SMILES string of the molecule is N#CC1(C(=O)N2CCn3cnnc3C2)CCCCCC1. The maximum absolute atomic E-state index is 12.8. The topological polar surface area (TPSA) is 74.8 Å². The molecule has 0 unspecified atom stereocenters. The lowest BCUT2D eigenvalue weighted by molar-refractivity contribution is -0.141. The largest absolute Gasteiger partial charge is 0.332 e. The lowest BCUT2D eigenvalue weighted by Gasteiger charge is -2.34. The number of hydrogen-bond acceptors (Lipinski definition) is 4. The molecule has 6 heteroatoms. The van der Waals surface area contributed by atoms with E-state index in [4.69, 9.17) is 0 Å². The van der Waals surface area contributed by atoms with Crippen LogP contribution in [0, 0.1) is 16.7 Å². The zero-order valence-corrected chi connectivity index (χ0v) is 11.6. The first-order valence-electron chi connectivity index (χ1n) is 7.32. The summed E-state index contributed by atoms with van der Waals surface area (Å²) in [5.41, 5.74) is -0.807. The van der Waals surface area contributed by atoms with E-state index in [1.54, 1.807) is 11.2 Å². The van der Waals surface area contributed by atoms with Crippen LogP contribution in [-0.4, -0.2) is 32.1 Å². The number of rotatable bonds is 1. The van der Waals surface area contributed by atoms with Gasteiger partial charge in [0.1, 0.15) is 11.7 Å². The number of carbonyl (C=O) groups is 1. The Balaban J connectivity index is 1.79. The zero-order valence-electron chi connectivity index (χ0n) is 11.6. The average Bonchev–Trinajstić information content (AvgIpc) is 2.81. The van der Waals surface area contributed by atoms with Gasteiger partial charge in [-0.25, -0.2) is 0 Å². The normalized spacial score (nSPS) is 21.6. The number of nitrogens with zero attached hydrogens (tertiary/aromatic N) is 5. The molecular weight excluding hydrogens is 254 g/mol. The number of nitriles is 1. The van der Waals surface area contributed by atoms with E-state index in [0.717, 1.165) is 38.1 Å². The Hall–Kier alpha value is -1.90. The van der Waals surface area contributed by atoms with Crippen molar-refractivity contribution in [1.29, 1.82) is 5.26 Å². The highest BCUT2D eigenvalue weighted by atomic mass is 16.2. The number of hydrogen-bond donors (Lipinski definition) is 0. The Morgan fingerprint density at radius 3 is 2.70 bits per heavy atom. The predicted molar refractivity (Wildman–Crippen MR) is 71.2 cm³/mol. The third kappa shape index (κ3) is 2.17. The molecule has 20 heavy (non-hydrogen) atoms. The number of aromatic nitrogens is 3. The fourth-order valence-electron chi connectivity index (χ4n) is 3.25. The first kappa shape index (κ1) is 13.1. The maximum atomic E-state index is 12.8. The molecule has 0 spiro atoms. The number of carbonyl (C=O) groups excluding carboxylic acids is 1. The van der Waals surface area contributed by atoms with Crippen LogP contribution in [0.15, 0.2) is 6.33 Å². The first-order chi connectivity index (χ1) is 9.75. The van der Waals surface area contributed by atoms with E-state index in [1.165, 1.54) is 0 Å². The molecule has 1 amide bonds. The molecule has 0 radical (unpaired) electrons. The molecule has 2 heterocycles. The lowest BCUT2D eigenvalue weighted by atomic mass is 9.80. The summed E-state index contributed by atoms with van der Waals surface area (Å²) in [5.74, 6) is 0.808. The summed E-state index contributed by atoms with van der Waals surface area (Å²) in [4.78, 5) is 14.6. The summed E-state index contributed by atoms with van der Waals surface area (Å²) in [7, 11) is 0. The Morgan fingerprint density at radius 1 is 1.25 bits per heavy atom. The van der Waals surface area contributed by atoms with Crippen LogP contribution in [-0.2, 0) is 17.9 Å². The molecule has 1 aromatic heterocycles. The van der Waals surface area contributed by atoms with Crippen LogP contribution >= 0.6 is 0 Å². The molecule has 1 saturated carbocycles. The molecule has 0 aromatic carbocycles. The van der Waals surface area contributed by atoms with E-state index in [-0.39, 0.29) is 5.91 Å². The second-order valence-electron chi connectivity index (χ2n) is 5.78. The van der Waals surface area contributed by atoms with E-state index in [2.05, 4.69) is 16.3 Å². The molecule has 0 atom stereocenters. The van der Waals surface area contributed by atoms with E-state index < -0.39 is 5.41 Å². The van der Waals surface area contributed by atoms with Crippen molar-refractivity contribution in [2.75, 3.05) is 6.54 Å². The lowest BCUT2D eigenvalue weighted by Crippen LogP contribution is -2.46. The van der Waals surface area contributed by atoms with Crippen LogP contribution in [0.1, 0.15) is 44.3 Å². The summed E-state index contributed by atoms with van der Waals surface area (Å²) in [6.07, 6.45) is 7.31. The van der Waals surface area contributed by atoms with Crippen LogP contribution in [0.3, 0.4) is 0 Å². The molecule has 1 aliphatic heterocycles. The fraction of sp³-hybridized carbons (Fsp3) is 0.714. The summed E-state index contributed by atoms with van der Waals surface area (Å²) in [6, 6.07) is 2.34. The van der Waals surface area contributed by atoms with Crippen LogP contribution in [0.2, 0.25) is 0 Å². The van der Waals surface area contributed by atoms with Gasteiger partial charge < -0.3 is 9.47 Å². The molecule has 0 N–H and O–H groups in total. The monoisotopic (exact) mass is 273 g/mol. The molecule has 0 bridgehead atoms. The summed E-state index contributed by atoms with van der Waals surface area (Å²) >= 11 is 0. The van der Waals surface area contributed by atoms with Crippen molar-refractivity contribution in [3.05, 3.63) is 12.2 Å². The third-order valence-electron chi connectivity index (χ3n) is 4.51. The Bertz CT molecular complexity index is 536. The summed E-state index contributed by atoms with van der Waals surface area (Å²) < 4.78 is 1.97. The van der Waals surface area contributed by atoms with Crippen LogP contribution in [0.4, 0.5) is 0 Å². The summed E-state index contributed by atoms with van der Waals surface area (Å²) in [5, 5.41) is 17.5. The molecule has 106 valence electrons. The van der Waals surface area contributed by atoms with Crippen LogP contribution in [0.5, 0.6) is 0 Å². The van der Waals surface area contributed by atoms with Crippen molar-refractivity contribution < 1.29 is 4.79 Å². The Morgan fingerprint density at radius 2 is 2.00 bits per heavy atom. The highest BCUT2D eigenvalue weighted by Crippen LogP contribution is 2.36. The number of fused-ring (bicyclic) bond motifs is 1. The van der Waals surface area contributed by atoms with E-state index in [9.17, 15) is 10.1 Å². The van der Waals surface area contributed by atoms with E-state index in [1.807, 2.05) is 4.57 Å². The zero-order chi connectivity index (χ0) is 14.0. The van der Waals surface area contributed by atoms with Crippen molar-refractivity contribution in [2.24, 2.45) is 5.41 Å². The Kier molecular flexibility index (Phi) is 3.43. The van der Waals surface area contributed by atoms with E-state index in [0.29, 0.717) is 25.9 Å². The van der Waals surface area contributed by atoms with Crippen molar-refractivity contribution in [3.8, 4) is 6.07 Å². The van der Waals surface area contributed by atoms with Gasteiger partial charge in [0.05, 0.1) is 12.6 Å². The van der Waals surface area contributed by atoms with Gasteiger partial charge in [0.15, 0.2) is 5.82 Å². The molecule has 0 saturated heterocycles. The average molecular weight is 273 g/mol. The van der Waals surface area contributed by atoms with Gasteiger partial charge in [0, 0.05) is 13.1 Å². The smallest absolute Gasteiger partial charge is 0.243 e. The van der Waals surface area contributed by atoms with Gasteiger partial charge in [-0.15, -0.1) is 10.2 Å². The van der Waals surface area contributed by atoms with Crippen LogP contribution in [0.25, 0.3) is 0 Å². The first-order valence-corrected chi connectivity index (χ1v) is 7.32. The molecule has 1 aliphatic carbocycles. The van der Waals surface area contributed by atoms with Gasteiger partial charge in [-0.3, -0.25) is 4.79 Å². The van der Waals surface area contributed by atoms with Gasteiger partial charge in [0.25, 0.3) is 0 Å². The van der Waals surface area contributed by atoms with Crippen molar-refractivity contribution in [1.82, 2.24) is 19.7 Å². The second-order valence-corrected chi connectivity index (χ2v) is 5.78. The van der Waals surface area contributed by atoms with Crippen molar-refractivity contribution >= 4 is 5.91 Å². The third-order valence-corrected chi connectivity index (χ3v) is 4.51. The fourth-order valence-corrected chi connectivity index (χ4v) is 3.25. The highest BCUT2D eigenvalue weighted by molar-refractivity contribution is 5.85. The molecule has 6 nitrogen and oxygen atoms in total. The minimum absolute atomic E-state index is 0.00356. The van der Waals surface area contributed by atoms with Gasteiger partial charge in [-0.05, 0) is 12.8 Å². The molecular formula is C14H19N5O. The predicted octanol–water partition coefficient (Wildman–Crippen LogP) is 1.48. The highest BCUT2D eigenvalue weighted by Gasteiger charge is 2.42. The Labute approximate surface area is 118 Å². The quantitative estimate of drug-likeness (QED) is 0.726. The molecule has 3 rings (SSSR count).